The summed E-state index contributed by atoms with van der Waals surface area (Å²) in [6, 6.07) is 5.02. The van der Waals surface area contributed by atoms with Crippen molar-refractivity contribution in [3.63, 3.8) is 0 Å². The van der Waals surface area contributed by atoms with Gasteiger partial charge in [0.05, 0.1) is 28.1 Å². The Hall–Kier alpha value is -1.01. The summed E-state index contributed by atoms with van der Waals surface area (Å²) in [6.07, 6.45) is 1.62. The zero-order valence-corrected chi connectivity index (χ0v) is 12.9. The average Bonchev–Trinajstić information content (AvgIpc) is 2.67. The Kier molecular flexibility index (Phi) is 5.10. The van der Waals surface area contributed by atoms with Crippen LogP contribution in [0.25, 0.3) is 6.08 Å². The first-order chi connectivity index (χ1) is 9.52. The fraction of sp³-hybridized carbons (Fsp3) is 0.231. The third-order valence-electron chi connectivity index (χ3n) is 2.63. The lowest BCUT2D eigenvalue weighted by Crippen LogP contribution is -2.31. The molecule has 106 valence electrons. The third kappa shape index (κ3) is 3.35. The molecule has 0 saturated carbocycles. The van der Waals surface area contributed by atoms with E-state index < -0.39 is 0 Å². The zero-order valence-electron chi connectivity index (χ0n) is 10.6. The third-order valence-corrected chi connectivity index (χ3v) is 4.28. The van der Waals surface area contributed by atoms with Crippen LogP contribution in [0.5, 0.6) is 0 Å². The highest BCUT2D eigenvalue weighted by atomic mass is 35.5. The molecule has 1 heterocycles. The van der Waals surface area contributed by atoms with Gasteiger partial charge >= 0.3 is 0 Å². The molecule has 0 bridgehead atoms. The normalized spacial score (nSPS) is 17.4. The molecule has 0 N–H and O–H groups in total. The van der Waals surface area contributed by atoms with Crippen LogP contribution in [0.15, 0.2) is 23.1 Å². The highest BCUT2D eigenvalue weighted by Gasteiger charge is 2.34. The van der Waals surface area contributed by atoms with Gasteiger partial charge in [0.1, 0.15) is 0 Å². The number of halogens is 2. The average molecular weight is 332 g/mol. The molecule has 20 heavy (non-hydrogen) atoms. The van der Waals surface area contributed by atoms with Crippen LogP contribution >= 0.6 is 35.0 Å². The summed E-state index contributed by atoms with van der Waals surface area (Å²) < 4.78 is 4.88. The standard InChI is InChI=1S/C13H11Cl2NO3S/c1-19-5-4-16-12(17)11(20-13(16)18)7-8-2-3-9(14)10(15)6-8/h2-3,6-7H,4-5H2,1H3/b11-7+. The van der Waals surface area contributed by atoms with E-state index in [0.29, 0.717) is 21.6 Å². The fourth-order valence-corrected chi connectivity index (χ4v) is 2.80. The van der Waals surface area contributed by atoms with Crippen LogP contribution in [0, 0.1) is 0 Å². The van der Waals surface area contributed by atoms with E-state index in [4.69, 9.17) is 27.9 Å². The van der Waals surface area contributed by atoms with E-state index >= 15 is 0 Å². The van der Waals surface area contributed by atoms with Crippen molar-refractivity contribution in [2.45, 2.75) is 0 Å². The van der Waals surface area contributed by atoms with E-state index in [0.717, 1.165) is 22.2 Å². The van der Waals surface area contributed by atoms with Crippen LogP contribution in [0.1, 0.15) is 5.56 Å². The number of carbonyl (C=O) groups excluding carboxylic acids is 2. The minimum absolute atomic E-state index is 0.250. The Labute approximate surface area is 130 Å². The van der Waals surface area contributed by atoms with Gasteiger partial charge in [-0.1, -0.05) is 29.3 Å². The zero-order chi connectivity index (χ0) is 14.7. The number of methoxy groups -OCH3 is 1. The van der Waals surface area contributed by atoms with Crippen molar-refractivity contribution in [3.8, 4) is 0 Å². The number of imide groups is 1. The van der Waals surface area contributed by atoms with Crippen LogP contribution in [-0.2, 0) is 9.53 Å². The van der Waals surface area contributed by atoms with Crippen LogP contribution in [-0.4, -0.2) is 36.3 Å². The van der Waals surface area contributed by atoms with Crippen LogP contribution in [0.4, 0.5) is 4.79 Å². The van der Waals surface area contributed by atoms with Crippen molar-refractivity contribution in [1.82, 2.24) is 4.90 Å². The van der Waals surface area contributed by atoms with Gasteiger partial charge in [-0.25, -0.2) is 0 Å². The smallest absolute Gasteiger partial charge is 0.293 e. The minimum atomic E-state index is -0.317. The van der Waals surface area contributed by atoms with Gasteiger partial charge in [-0.3, -0.25) is 14.5 Å². The quantitative estimate of drug-likeness (QED) is 0.789. The second-order valence-electron chi connectivity index (χ2n) is 4.00. The van der Waals surface area contributed by atoms with Crippen LogP contribution in [0.2, 0.25) is 10.0 Å². The number of carbonyl (C=O) groups is 2. The summed E-state index contributed by atoms with van der Waals surface area (Å²) >= 11 is 12.6. The SMILES string of the molecule is COCCN1C(=O)S/C(=C/c2ccc(Cl)c(Cl)c2)C1=O. The molecule has 4 nitrogen and oxygen atoms in total. The molecule has 0 spiro atoms. The summed E-state index contributed by atoms with van der Waals surface area (Å²) in [4.78, 5) is 25.3. The second-order valence-corrected chi connectivity index (χ2v) is 5.81. The van der Waals surface area contributed by atoms with Gasteiger partial charge in [-0.2, -0.15) is 0 Å². The largest absolute Gasteiger partial charge is 0.383 e. The topological polar surface area (TPSA) is 46.6 Å². The Balaban J connectivity index is 2.20. The van der Waals surface area contributed by atoms with Crippen molar-refractivity contribution >= 4 is 52.2 Å². The van der Waals surface area contributed by atoms with E-state index in [9.17, 15) is 9.59 Å². The van der Waals surface area contributed by atoms with Crippen molar-refractivity contribution < 1.29 is 14.3 Å². The molecule has 0 atom stereocenters. The molecule has 7 heteroatoms. The molecule has 1 aromatic carbocycles. The predicted molar refractivity (Wildman–Crippen MR) is 81.0 cm³/mol. The number of nitrogens with zero attached hydrogens (tertiary/aromatic N) is 1. The first-order valence-corrected chi connectivity index (χ1v) is 7.29. The molecule has 1 saturated heterocycles. The maximum atomic E-state index is 12.1. The maximum absolute atomic E-state index is 12.1. The molecule has 0 unspecified atom stereocenters. The number of ether oxygens (including phenoxy) is 1. The number of rotatable bonds is 4. The van der Waals surface area contributed by atoms with E-state index in [2.05, 4.69) is 0 Å². The lowest BCUT2D eigenvalue weighted by Gasteiger charge is -2.10. The van der Waals surface area contributed by atoms with Gasteiger partial charge in [0.15, 0.2) is 0 Å². The summed E-state index contributed by atoms with van der Waals surface area (Å²) in [5.41, 5.74) is 0.719. The molecule has 0 aliphatic carbocycles. The van der Waals surface area contributed by atoms with Gasteiger partial charge in [-0.15, -0.1) is 0 Å². The first kappa shape index (κ1) is 15.4. The molecule has 0 aromatic heterocycles. The van der Waals surface area contributed by atoms with E-state index in [-0.39, 0.29) is 17.7 Å². The molecular weight excluding hydrogens is 321 g/mol. The van der Waals surface area contributed by atoms with Crippen molar-refractivity contribution in [1.29, 1.82) is 0 Å². The van der Waals surface area contributed by atoms with Gasteiger partial charge in [-0.05, 0) is 35.5 Å². The maximum Gasteiger partial charge on any atom is 0.293 e. The van der Waals surface area contributed by atoms with Crippen molar-refractivity contribution in [2.24, 2.45) is 0 Å². The number of hydrogen-bond donors (Lipinski definition) is 0. The molecule has 1 aliphatic rings. The van der Waals surface area contributed by atoms with Crippen LogP contribution < -0.4 is 0 Å². The van der Waals surface area contributed by atoms with E-state index in [1.54, 1.807) is 24.3 Å². The predicted octanol–water partition coefficient (Wildman–Crippen LogP) is 3.68. The molecule has 1 aromatic rings. The van der Waals surface area contributed by atoms with Gasteiger partial charge < -0.3 is 4.74 Å². The number of benzene rings is 1. The summed E-state index contributed by atoms with van der Waals surface area (Å²) in [5.74, 6) is -0.317. The molecule has 2 amide bonds. The molecule has 1 fully saturated rings. The molecule has 1 aliphatic heterocycles. The van der Waals surface area contributed by atoms with Gasteiger partial charge in [0.25, 0.3) is 11.1 Å². The van der Waals surface area contributed by atoms with E-state index in [1.807, 2.05) is 0 Å². The Morgan fingerprint density at radius 3 is 2.70 bits per heavy atom. The summed E-state index contributed by atoms with van der Waals surface area (Å²) in [6.45, 7) is 0.567. The number of thioether (sulfide) groups is 1. The Bertz CT molecular complexity index is 589. The highest BCUT2D eigenvalue weighted by Crippen LogP contribution is 2.33. The second kappa shape index (κ2) is 6.63. The lowest BCUT2D eigenvalue weighted by molar-refractivity contribution is -0.123. The van der Waals surface area contributed by atoms with Crippen molar-refractivity contribution in [2.75, 3.05) is 20.3 Å². The summed E-state index contributed by atoms with van der Waals surface area (Å²) in [5, 5.41) is 0.550. The fourth-order valence-electron chi connectivity index (χ4n) is 1.63. The minimum Gasteiger partial charge on any atom is -0.383 e. The summed E-state index contributed by atoms with van der Waals surface area (Å²) in [7, 11) is 1.52. The van der Waals surface area contributed by atoms with E-state index in [1.165, 1.54) is 7.11 Å². The number of hydrogen-bond acceptors (Lipinski definition) is 4. The van der Waals surface area contributed by atoms with Crippen LogP contribution in [0.3, 0.4) is 0 Å². The first-order valence-electron chi connectivity index (χ1n) is 5.72. The number of amides is 2. The highest BCUT2D eigenvalue weighted by molar-refractivity contribution is 8.18. The molecule has 2 rings (SSSR count). The van der Waals surface area contributed by atoms with Crippen molar-refractivity contribution in [3.05, 3.63) is 38.7 Å². The lowest BCUT2D eigenvalue weighted by atomic mass is 10.2. The molecular formula is C13H11Cl2NO3S. The monoisotopic (exact) mass is 331 g/mol. The van der Waals surface area contributed by atoms with Gasteiger partial charge in [0.2, 0.25) is 0 Å². The Morgan fingerprint density at radius 1 is 1.30 bits per heavy atom. The van der Waals surface area contributed by atoms with Gasteiger partial charge in [0, 0.05) is 7.11 Å². The Morgan fingerprint density at radius 2 is 2.05 bits per heavy atom. The molecule has 0 radical (unpaired) electrons.